The molecule has 2 unspecified atom stereocenters. The Kier molecular flexibility index (Phi) is 5.00. The Morgan fingerprint density at radius 3 is 2.58 bits per heavy atom. The molecule has 0 heterocycles. The molecule has 0 aromatic heterocycles. The minimum atomic E-state index is -1.01. The predicted octanol–water partition coefficient (Wildman–Crippen LogP) is 3.36. The largest absolute Gasteiger partial charge is 0.480 e. The van der Waals surface area contributed by atoms with Crippen molar-refractivity contribution in [2.45, 2.75) is 24.8 Å². The summed E-state index contributed by atoms with van der Waals surface area (Å²) in [4.78, 5) is 23.9. The van der Waals surface area contributed by atoms with Gasteiger partial charge in [-0.1, -0.05) is 58.4 Å². The molecule has 0 aliphatic heterocycles. The quantitative estimate of drug-likeness (QED) is 0.798. The first-order valence-electron chi connectivity index (χ1n) is 7.87. The lowest BCUT2D eigenvalue weighted by Crippen LogP contribution is -2.43. The van der Waals surface area contributed by atoms with Crippen LogP contribution in [-0.4, -0.2) is 23.0 Å². The summed E-state index contributed by atoms with van der Waals surface area (Å²) >= 11 is 3.43. The van der Waals surface area contributed by atoms with Gasteiger partial charge in [-0.15, -0.1) is 0 Å². The summed E-state index contributed by atoms with van der Waals surface area (Å²) in [7, 11) is 0. The number of hydrogen-bond donors (Lipinski definition) is 2. The van der Waals surface area contributed by atoms with Crippen LogP contribution in [0.15, 0.2) is 59.1 Å². The van der Waals surface area contributed by atoms with Gasteiger partial charge in [-0.3, -0.25) is 4.79 Å². The highest BCUT2D eigenvalue weighted by Gasteiger charge is 2.44. The number of carbonyl (C=O) groups excluding carboxylic acids is 1. The molecule has 1 fully saturated rings. The Labute approximate surface area is 149 Å². The van der Waals surface area contributed by atoms with Gasteiger partial charge in [0.05, 0.1) is 0 Å². The fourth-order valence-corrected chi connectivity index (χ4v) is 3.34. The van der Waals surface area contributed by atoms with Gasteiger partial charge in [-0.05, 0) is 35.6 Å². The van der Waals surface area contributed by atoms with E-state index in [0.717, 1.165) is 22.0 Å². The van der Waals surface area contributed by atoms with Crippen molar-refractivity contribution in [2.75, 3.05) is 0 Å². The van der Waals surface area contributed by atoms with Crippen LogP contribution >= 0.6 is 15.9 Å². The van der Waals surface area contributed by atoms with E-state index in [1.54, 1.807) is 0 Å². The van der Waals surface area contributed by atoms with E-state index >= 15 is 0 Å². The number of benzene rings is 2. The molecule has 5 heteroatoms. The van der Waals surface area contributed by atoms with E-state index in [1.807, 2.05) is 54.6 Å². The Hall–Kier alpha value is -2.14. The molecule has 1 aliphatic rings. The van der Waals surface area contributed by atoms with Crippen molar-refractivity contribution in [3.63, 3.8) is 0 Å². The topological polar surface area (TPSA) is 66.4 Å². The third-order valence-corrected chi connectivity index (χ3v) is 4.79. The highest BCUT2D eigenvalue weighted by atomic mass is 79.9. The standard InChI is InChI=1S/C19H18BrNO3/c20-14-8-4-7-13(10-14)15-11-16(15)18(22)21-17(19(23)24)9-12-5-2-1-3-6-12/h1-8,10,15-17H,9,11H2,(H,21,22)(H,23,24)/t15?,16?,17-/m1/s1. The average Bonchev–Trinajstić information content (AvgIpc) is 3.36. The van der Waals surface area contributed by atoms with E-state index in [0.29, 0.717) is 0 Å². The second-order valence-electron chi connectivity index (χ2n) is 6.09. The van der Waals surface area contributed by atoms with Crippen molar-refractivity contribution >= 4 is 27.8 Å². The summed E-state index contributed by atoms with van der Waals surface area (Å²) in [6, 6.07) is 16.3. The maximum atomic E-state index is 12.4. The zero-order valence-corrected chi connectivity index (χ0v) is 14.6. The third kappa shape index (κ3) is 4.03. The van der Waals surface area contributed by atoms with Gasteiger partial charge in [-0.25, -0.2) is 4.79 Å². The zero-order valence-electron chi connectivity index (χ0n) is 13.0. The van der Waals surface area contributed by atoms with Gasteiger partial charge in [0, 0.05) is 16.8 Å². The summed E-state index contributed by atoms with van der Waals surface area (Å²) in [6.07, 6.45) is 1.05. The van der Waals surface area contributed by atoms with Crippen molar-refractivity contribution in [2.24, 2.45) is 5.92 Å². The van der Waals surface area contributed by atoms with E-state index in [4.69, 9.17) is 0 Å². The van der Waals surface area contributed by atoms with Crippen molar-refractivity contribution in [1.82, 2.24) is 5.32 Å². The van der Waals surface area contributed by atoms with Gasteiger partial charge >= 0.3 is 5.97 Å². The second-order valence-corrected chi connectivity index (χ2v) is 7.01. The Bertz CT molecular complexity index is 747. The van der Waals surface area contributed by atoms with Gasteiger partial charge < -0.3 is 10.4 Å². The van der Waals surface area contributed by atoms with E-state index in [9.17, 15) is 14.7 Å². The fraction of sp³-hybridized carbons (Fsp3) is 0.263. The van der Waals surface area contributed by atoms with Crippen LogP contribution in [0.5, 0.6) is 0 Å². The lowest BCUT2D eigenvalue weighted by Gasteiger charge is -2.14. The van der Waals surface area contributed by atoms with Crippen LogP contribution in [0.4, 0.5) is 0 Å². The second kappa shape index (κ2) is 7.18. The number of carboxylic acids is 1. The lowest BCUT2D eigenvalue weighted by molar-refractivity contribution is -0.142. The normalized spacial score (nSPS) is 20.2. The zero-order chi connectivity index (χ0) is 17.1. The fourth-order valence-electron chi connectivity index (χ4n) is 2.92. The molecule has 1 saturated carbocycles. The van der Waals surface area contributed by atoms with E-state index < -0.39 is 12.0 Å². The molecule has 2 aromatic carbocycles. The molecule has 3 atom stereocenters. The molecule has 1 amide bonds. The van der Waals surface area contributed by atoms with Gasteiger partial charge in [0.15, 0.2) is 0 Å². The molecule has 0 radical (unpaired) electrons. The van der Waals surface area contributed by atoms with E-state index in [1.165, 1.54) is 0 Å². The minimum Gasteiger partial charge on any atom is -0.480 e. The van der Waals surface area contributed by atoms with Crippen molar-refractivity contribution < 1.29 is 14.7 Å². The van der Waals surface area contributed by atoms with Crippen molar-refractivity contribution in [3.8, 4) is 0 Å². The third-order valence-electron chi connectivity index (χ3n) is 4.30. The summed E-state index contributed by atoms with van der Waals surface area (Å²) in [5, 5.41) is 12.1. The molecule has 0 saturated heterocycles. The summed E-state index contributed by atoms with van der Waals surface area (Å²) < 4.78 is 0.985. The molecule has 1 aliphatic carbocycles. The molecule has 0 bridgehead atoms. The maximum Gasteiger partial charge on any atom is 0.326 e. The van der Waals surface area contributed by atoms with E-state index in [2.05, 4.69) is 21.2 Å². The number of hydrogen-bond acceptors (Lipinski definition) is 2. The highest BCUT2D eigenvalue weighted by Crippen LogP contribution is 2.48. The Morgan fingerprint density at radius 2 is 1.92 bits per heavy atom. The Balaban J connectivity index is 1.62. The van der Waals surface area contributed by atoms with Crippen LogP contribution < -0.4 is 5.32 Å². The predicted molar refractivity (Wildman–Crippen MR) is 94.7 cm³/mol. The first-order chi connectivity index (χ1) is 11.5. The molecule has 124 valence electrons. The Morgan fingerprint density at radius 1 is 1.17 bits per heavy atom. The number of aliphatic carboxylic acids is 1. The first-order valence-corrected chi connectivity index (χ1v) is 8.66. The van der Waals surface area contributed by atoms with Crippen molar-refractivity contribution in [3.05, 3.63) is 70.2 Å². The number of halogens is 1. The number of nitrogens with one attached hydrogen (secondary N) is 1. The molecule has 2 N–H and O–H groups in total. The summed E-state index contributed by atoms with van der Waals surface area (Å²) in [5.41, 5.74) is 2.00. The summed E-state index contributed by atoms with van der Waals surface area (Å²) in [5.74, 6) is -1.15. The molecular weight excluding hydrogens is 370 g/mol. The lowest BCUT2D eigenvalue weighted by atomic mass is 10.1. The van der Waals surface area contributed by atoms with Crippen molar-refractivity contribution in [1.29, 1.82) is 0 Å². The highest BCUT2D eigenvalue weighted by molar-refractivity contribution is 9.10. The van der Waals surface area contributed by atoms with Gasteiger partial charge in [0.25, 0.3) is 0 Å². The summed E-state index contributed by atoms with van der Waals surface area (Å²) in [6.45, 7) is 0. The minimum absolute atomic E-state index is 0.142. The van der Waals surface area contributed by atoms with Crippen LogP contribution in [-0.2, 0) is 16.0 Å². The molecule has 3 rings (SSSR count). The first kappa shape index (κ1) is 16.7. The molecule has 24 heavy (non-hydrogen) atoms. The van der Waals surface area contributed by atoms with E-state index in [-0.39, 0.29) is 24.2 Å². The number of carbonyl (C=O) groups is 2. The van der Waals surface area contributed by atoms with Crippen LogP contribution in [0.3, 0.4) is 0 Å². The molecule has 2 aromatic rings. The van der Waals surface area contributed by atoms with Crippen LogP contribution in [0, 0.1) is 5.92 Å². The van der Waals surface area contributed by atoms with Crippen LogP contribution in [0.1, 0.15) is 23.5 Å². The molecular formula is C19H18BrNO3. The van der Waals surface area contributed by atoms with Crippen LogP contribution in [0.25, 0.3) is 0 Å². The van der Waals surface area contributed by atoms with Crippen LogP contribution in [0.2, 0.25) is 0 Å². The SMILES string of the molecule is O=C(N[C@H](Cc1ccccc1)C(=O)O)C1CC1c1cccc(Br)c1. The van der Waals surface area contributed by atoms with Gasteiger partial charge in [0.2, 0.25) is 5.91 Å². The van der Waals surface area contributed by atoms with Gasteiger partial charge in [0.1, 0.15) is 6.04 Å². The number of amides is 1. The maximum absolute atomic E-state index is 12.4. The molecule has 0 spiro atoms. The number of carboxylic acid groups (broad SMARTS) is 1. The average molecular weight is 388 g/mol. The number of rotatable bonds is 6. The molecule has 4 nitrogen and oxygen atoms in total. The monoisotopic (exact) mass is 387 g/mol. The smallest absolute Gasteiger partial charge is 0.326 e. The van der Waals surface area contributed by atoms with Gasteiger partial charge in [-0.2, -0.15) is 0 Å².